The van der Waals surface area contributed by atoms with E-state index < -0.39 is 11.5 Å². The lowest BCUT2D eigenvalue weighted by Gasteiger charge is -2.34. The molecule has 0 bridgehead atoms. The number of ether oxygens (including phenoxy) is 1. The van der Waals surface area contributed by atoms with Crippen molar-refractivity contribution in [2.45, 2.75) is 45.6 Å². The van der Waals surface area contributed by atoms with E-state index in [0.717, 1.165) is 11.3 Å². The van der Waals surface area contributed by atoms with Crippen LogP contribution in [0.2, 0.25) is 0 Å². The minimum atomic E-state index is -0.923. The highest BCUT2D eigenvalue weighted by Crippen LogP contribution is 2.24. The molecule has 0 heterocycles. The lowest BCUT2D eigenvalue weighted by molar-refractivity contribution is -0.139. The first-order valence-corrected chi connectivity index (χ1v) is 7.37. The molecule has 0 spiro atoms. The summed E-state index contributed by atoms with van der Waals surface area (Å²) >= 11 is 0. The van der Waals surface area contributed by atoms with Gasteiger partial charge in [-0.05, 0) is 37.5 Å². The van der Waals surface area contributed by atoms with Crippen LogP contribution in [0.3, 0.4) is 0 Å². The third kappa shape index (κ3) is 4.48. The number of amides is 1. The summed E-state index contributed by atoms with van der Waals surface area (Å²) in [4.78, 5) is 23.5. The minimum absolute atomic E-state index is 0.00983. The molecule has 1 aromatic rings. The van der Waals surface area contributed by atoms with Crippen molar-refractivity contribution in [2.24, 2.45) is 5.92 Å². The fourth-order valence-electron chi connectivity index (χ4n) is 2.14. The Kier molecular flexibility index (Phi) is 5.97. The zero-order valence-corrected chi connectivity index (χ0v) is 13.8. The Morgan fingerprint density at radius 2 is 1.77 bits per heavy atom. The predicted octanol–water partition coefficient (Wildman–Crippen LogP) is 2.80. The van der Waals surface area contributed by atoms with Crippen LogP contribution in [0.4, 0.5) is 0 Å². The number of aliphatic carboxylic acids is 1. The van der Waals surface area contributed by atoms with Crippen molar-refractivity contribution in [3.05, 3.63) is 29.8 Å². The van der Waals surface area contributed by atoms with E-state index in [1.807, 2.05) is 26.0 Å². The van der Waals surface area contributed by atoms with Gasteiger partial charge in [-0.15, -0.1) is 0 Å². The molecule has 2 N–H and O–H groups in total. The van der Waals surface area contributed by atoms with Crippen LogP contribution < -0.4 is 10.1 Å². The lowest BCUT2D eigenvalue weighted by atomic mass is 9.84. The van der Waals surface area contributed by atoms with Gasteiger partial charge in [0.2, 0.25) is 5.91 Å². The maximum atomic E-state index is 12.5. The summed E-state index contributed by atoms with van der Waals surface area (Å²) < 4.78 is 5.10. The third-order valence-electron chi connectivity index (χ3n) is 4.21. The molecular weight excluding hydrogens is 282 g/mol. The van der Waals surface area contributed by atoms with Crippen molar-refractivity contribution in [3.8, 4) is 5.75 Å². The smallest absolute Gasteiger partial charge is 0.305 e. The van der Waals surface area contributed by atoms with Crippen LogP contribution in [0.15, 0.2) is 24.3 Å². The molecule has 0 saturated heterocycles. The van der Waals surface area contributed by atoms with Crippen LogP contribution in [0.5, 0.6) is 5.75 Å². The van der Waals surface area contributed by atoms with Crippen molar-refractivity contribution >= 4 is 11.9 Å². The van der Waals surface area contributed by atoms with E-state index in [2.05, 4.69) is 5.32 Å². The van der Waals surface area contributed by atoms with Crippen molar-refractivity contribution in [3.63, 3.8) is 0 Å². The van der Waals surface area contributed by atoms with Gasteiger partial charge in [0, 0.05) is 5.54 Å². The highest BCUT2D eigenvalue weighted by Gasteiger charge is 2.34. The number of methoxy groups -OCH3 is 1. The van der Waals surface area contributed by atoms with Crippen molar-refractivity contribution in [1.82, 2.24) is 5.32 Å². The Bertz CT molecular complexity index is 524. The number of hydrogen-bond donors (Lipinski definition) is 2. The standard InChI is InChI=1S/C17H25NO4/c1-11(2)17(4,10-15(19)20)18-16(21)12(3)13-6-8-14(22-5)9-7-13/h6-9,11-12H,10H2,1-5H3,(H,18,21)(H,19,20). The van der Waals surface area contributed by atoms with Gasteiger partial charge in [-0.1, -0.05) is 26.0 Å². The van der Waals surface area contributed by atoms with Gasteiger partial charge in [-0.25, -0.2) is 0 Å². The molecule has 5 heteroatoms. The minimum Gasteiger partial charge on any atom is -0.497 e. The van der Waals surface area contributed by atoms with Gasteiger partial charge in [0.15, 0.2) is 0 Å². The summed E-state index contributed by atoms with van der Waals surface area (Å²) in [6.45, 7) is 7.38. The van der Waals surface area contributed by atoms with Gasteiger partial charge in [0.25, 0.3) is 0 Å². The van der Waals surface area contributed by atoms with E-state index in [1.165, 1.54) is 0 Å². The zero-order chi connectivity index (χ0) is 16.9. The highest BCUT2D eigenvalue weighted by molar-refractivity contribution is 5.84. The molecule has 2 unspecified atom stereocenters. The van der Waals surface area contributed by atoms with E-state index in [9.17, 15) is 9.59 Å². The molecule has 22 heavy (non-hydrogen) atoms. The highest BCUT2D eigenvalue weighted by atomic mass is 16.5. The van der Waals surface area contributed by atoms with Crippen LogP contribution >= 0.6 is 0 Å². The van der Waals surface area contributed by atoms with Gasteiger partial charge in [-0.3, -0.25) is 9.59 Å². The molecule has 2 atom stereocenters. The van der Waals surface area contributed by atoms with Gasteiger partial charge in [-0.2, -0.15) is 0 Å². The van der Waals surface area contributed by atoms with Crippen LogP contribution in [0.1, 0.15) is 45.6 Å². The monoisotopic (exact) mass is 307 g/mol. The summed E-state index contributed by atoms with van der Waals surface area (Å²) in [6.07, 6.45) is -0.105. The van der Waals surface area contributed by atoms with E-state index in [-0.39, 0.29) is 24.2 Å². The van der Waals surface area contributed by atoms with Gasteiger partial charge < -0.3 is 15.2 Å². The Balaban J connectivity index is 2.86. The van der Waals surface area contributed by atoms with Crippen LogP contribution in [0.25, 0.3) is 0 Å². The van der Waals surface area contributed by atoms with Crippen molar-refractivity contribution in [2.75, 3.05) is 7.11 Å². The Morgan fingerprint density at radius 3 is 2.18 bits per heavy atom. The van der Waals surface area contributed by atoms with Crippen LogP contribution in [0, 0.1) is 5.92 Å². The zero-order valence-electron chi connectivity index (χ0n) is 13.8. The van der Waals surface area contributed by atoms with Gasteiger partial charge >= 0.3 is 5.97 Å². The average Bonchev–Trinajstić information content (AvgIpc) is 2.45. The summed E-state index contributed by atoms with van der Waals surface area (Å²) in [5, 5.41) is 12.0. The maximum Gasteiger partial charge on any atom is 0.305 e. The van der Waals surface area contributed by atoms with Gasteiger partial charge in [0.05, 0.1) is 19.4 Å². The molecular formula is C17H25NO4. The van der Waals surface area contributed by atoms with E-state index in [4.69, 9.17) is 9.84 Å². The lowest BCUT2D eigenvalue weighted by Crippen LogP contribution is -2.52. The summed E-state index contributed by atoms with van der Waals surface area (Å²) in [6, 6.07) is 7.29. The van der Waals surface area contributed by atoms with Gasteiger partial charge in [0.1, 0.15) is 5.75 Å². The number of hydrogen-bond acceptors (Lipinski definition) is 3. The fraction of sp³-hybridized carbons (Fsp3) is 0.529. The predicted molar refractivity (Wildman–Crippen MR) is 85.0 cm³/mol. The molecule has 1 amide bonds. The number of carbonyl (C=O) groups excluding carboxylic acids is 1. The summed E-state index contributed by atoms with van der Waals surface area (Å²) in [5.74, 6) is -0.723. The Labute approximate surface area is 131 Å². The maximum absolute atomic E-state index is 12.5. The number of nitrogens with one attached hydrogen (secondary N) is 1. The van der Waals surface area contributed by atoms with E-state index in [0.29, 0.717) is 0 Å². The number of carboxylic acid groups (broad SMARTS) is 1. The molecule has 0 fully saturated rings. The molecule has 0 aliphatic carbocycles. The molecule has 0 aliphatic heterocycles. The quantitative estimate of drug-likeness (QED) is 0.812. The Hall–Kier alpha value is -2.04. The SMILES string of the molecule is COc1ccc(C(C)C(=O)NC(C)(CC(=O)O)C(C)C)cc1. The average molecular weight is 307 g/mol. The first kappa shape index (κ1) is 18.0. The molecule has 0 aliphatic rings. The summed E-state index contributed by atoms with van der Waals surface area (Å²) in [7, 11) is 1.59. The second-order valence-electron chi connectivity index (χ2n) is 6.13. The van der Waals surface area contributed by atoms with Crippen molar-refractivity contribution in [1.29, 1.82) is 0 Å². The first-order valence-electron chi connectivity index (χ1n) is 7.37. The number of carbonyl (C=O) groups is 2. The second-order valence-corrected chi connectivity index (χ2v) is 6.13. The first-order chi connectivity index (χ1) is 10.2. The molecule has 0 radical (unpaired) electrons. The van der Waals surface area contributed by atoms with E-state index in [1.54, 1.807) is 33.1 Å². The number of rotatable bonds is 7. The van der Waals surface area contributed by atoms with Crippen LogP contribution in [-0.2, 0) is 9.59 Å². The third-order valence-corrected chi connectivity index (χ3v) is 4.21. The molecule has 0 aromatic heterocycles. The number of benzene rings is 1. The summed E-state index contributed by atoms with van der Waals surface area (Å²) in [5.41, 5.74) is 0.0867. The molecule has 5 nitrogen and oxygen atoms in total. The Morgan fingerprint density at radius 1 is 1.23 bits per heavy atom. The molecule has 122 valence electrons. The largest absolute Gasteiger partial charge is 0.497 e. The second kappa shape index (κ2) is 7.29. The normalized spacial score (nSPS) is 15.0. The molecule has 0 saturated carbocycles. The fourth-order valence-corrected chi connectivity index (χ4v) is 2.14. The molecule has 1 aromatic carbocycles. The molecule has 1 rings (SSSR count). The van der Waals surface area contributed by atoms with E-state index >= 15 is 0 Å². The topological polar surface area (TPSA) is 75.6 Å². The number of carboxylic acids is 1. The van der Waals surface area contributed by atoms with Crippen LogP contribution in [-0.4, -0.2) is 29.6 Å². The van der Waals surface area contributed by atoms with Crippen molar-refractivity contribution < 1.29 is 19.4 Å².